The zero-order valence-electron chi connectivity index (χ0n) is 10.8. The number of ether oxygens (including phenoxy) is 1. The van der Waals surface area contributed by atoms with Crippen molar-refractivity contribution in [1.29, 1.82) is 0 Å². The summed E-state index contributed by atoms with van der Waals surface area (Å²) in [5.41, 5.74) is 0.697. The van der Waals surface area contributed by atoms with E-state index in [1.165, 1.54) is 19.4 Å². The number of anilines is 1. The second-order valence-corrected chi connectivity index (χ2v) is 3.97. The first-order valence-electron chi connectivity index (χ1n) is 5.68. The quantitative estimate of drug-likeness (QED) is 0.923. The van der Waals surface area contributed by atoms with Gasteiger partial charge < -0.3 is 10.1 Å². The molecule has 0 aromatic carbocycles. The van der Waals surface area contributed by atoms with Crippen molar-refractivity contribution in [2.75, 3.05) is 19.5 Å². The molecule has 2 aromatic rings. The molecule has 102 valence electrons. The molecule has 0 bridgehead atoms. The van der Waals surface area contributed by atoms with E-state index in [-0.39, 0.29) is 11.6 Å². The number of halogens is 2. The standard InChI is InChI=1S/C12H14F2N4O/c1-7(18-11(14)10(15-2)6-17-18)9-4-8(13)5-16-12(9)19-3/h4-7,15H,1-3H3/t7-/m0/s1. The lowest BCUT2D eigenvalue weighted by Gasteiger charge is -2.15. The van der Waals surface area contributed by atoms with E-state index < -0.39 is 17.8 Å². The predicted molar refractivity (Wildman–Crippen MR) is 66.3 cm³/mol. The smallest absolute Gasteiger partial charge is 0.235 e. The Bertz CT molecular complexity index is 585. The van der Waals surface area contributed by atoms with Crippen LogP contribution in [0.3, 0.4) is 0 Å². The molecule has 5 nitrogen and oxygen atoms in total. The van der Waals surface area contributed by atoms with Gasteiger partial charge in [0.25, 0.3) is 0 Å². The fourth-order valence-electron chi connectivity index (χ4n) is 1.83. The molecule has 0 aliphatic heterocycles. The maximum Gasteiger partial charge on any atom is 0.235 e. The van der Waals surface area contributed by atoms with Gasteiger partial charge in [0.2, 0.25) is 11.8 Å². The maximum atomic E-state index is 14.0. The summed E-state index contributed by atoms with van der Waals surface area (Å²) in [6.45, 7) is 1.69. The second-order valence-electron chi connectivity index (χ2n) is 3.97. The summed E-state index contributed by atoms with van der Waals surface area (Å²) >= 11 is 0. The minimum Gasteiger partial charge on any atom is -0.481 e. The molecule has 1 N–H and O–H groups in total. The van der Waals surface area contributed by atoms with Gasteiger partial charge in [-0.25, -0.2) is 14.1 Å². The van der Waals surface area contributed by atoms with Gasteiger partial charge in [-0.1, -0.05) is 0 Å². The number of rotatable bonds is 4. The Hall–Kier alpha value is -2.18. The van der Waals surface area contributed by atoms with Gasteiger partial charge in [-0.3, -0.25) is 0 Å². The number of methoxy groups -OCH3 is 1. The molecule has 0 radical (unpaired) electrons. The highest BCUT2D eigenvalue weighted by Crippen LogP contribution is 2.28. The molecule has 2 heterocycles. The topological polar surface area (TPSA) is 52.0 Å². The number of aromatic nitrogens is 3. The second kappa shape index (κ2) is 5.21. The van der Waals surface area contributed by atoms with Gasteiger partial charge in [0.05, 0.1) is 25.5 Å². The largest absolute Gasteiger partial charge is 0.481 e. The molecule has 19 heavy (non-hydrogen) atoms. The minimum absolute atomic E-state index is 0.245. The summed E-state index contributed by atoms with van der Waals surface area (Å²) < 4.78 is 33.5. The van der Waals surface area contributed by atoms with E-state index >= 15 is 0 Å². The maximum absolute atomic E-state index is 14.0. The van der Waals surface area contributed by atoms with E-state index in [1.807, 2.05) is 0 Å². The van der Waals surface area contributed by atoms with Crippen LogP contribution in [0.4, 0.5) is 14.5 Å². The molecule has 0 aliphatic rings. The van der Waals surface area contributed by atoms with Crippen molar-refractivity contribution in [3.8, 4) is 5.88 Å². The van der Waals surface area contributed by atoms with E-state index in [0.29, 0.717) is 5.56 Å². The lowest BCUT2D eigenvalue weighted by Crippen LogP contribution is -2.13. The molecule has 0 aliphatic carbocycles. The molecule has 0 amide bonds. The molecular weight excluding hydrogens is 254 g/mol. The Kier molecular flexibility index (Phi) is 3.64. The summed E-state index contributed by atoms with van der Waals surface area (Å²) in [6.07, 6.45) is 2.42. The number of nitrogens with one attached hydrogen (secondary N) is 1. The van der Waals surface area contributed by atoms with Crippen LogP contribution in [0.25, 0.3) is 0 Å². The fraction of sp³-hybridized carbons (Fsp3) is 0.333. The van der Waals surface area contributed by atoms with Crippen LogP contribution in [0.15, 0.2) is 18.5 Å². The van der Waals surface area contributed by atoms with E-state index in [0.717, 1.165) is 10.9 Å². The highest BCUT2D eigenvalue weighted by Gasteiger charge is 2.20. The highest BCUT2D eigenvalue weighted by molar-refractivity contribution is 5.40. The van der Waals surface area contributed by atoms with E-state index in [2.05, 4.69) is 15.4 Å². The van der Waals surface area contributed by atoms with Gasteiger partial charge in [-0.15, -0.1) is 0 Å². The summed E-state index contributed by atoms with van der Waals surface area (Å²) in [4.78, 5) is 3.82. The van der Waals surface area contributed by atoms with Crippen molar-refractivity contribution in [2.24, 2.45) is 0 Å². The first-order chi connectivity index (χ1) is 9.08. The summed E-state index contributed by atoms with van der Waals surface area (Å²) in [5.74, 6) is -0.792. The van der Waals surface area contributed by atoms with Gasteiger partial charge in [0.15, 0.2) is 0 Å². The first-order valence-corrected chi connectivity index (χ1v) is 5.68. The summed E-state index contributed by atoms with van der Waals surface area (Å²) in [7, 11) is 3.02. The Morgan fingerprint density at radius 2 is 2.11 bits per heavy atom. The lowest BCUT2D eigenvalue weighted by molar-refractivity contribution is 0.371. The number of pyridine rings is 1. The molecular formula is C12H14F2N4O. The number of hydrogen-bond donors (Lipinski definition) is 1. The van der Waals surface area contributed by atoms with Gasteiger partial charge in [-0.2, -0.15) is 9.49 Å². The van der Waals surface area contributed by atoms with Crippen molar-refractivity contribution in [1.82, 2.24) is 14.8 Å². The molecule has 1 atom stereocenters. The zero-order valence-corrected chi connectivity index (χ0v) is 10.8. The highest BCUT2D eigenvalue weighted by atomic mass is 19.1. The van der Waals surface area contributed by atoms with Crippen molar-refractivity contribution in [3.05, 3.63) is 35.8 Å². The van der Waals surface area contributed by atoms with Gasteiger partial charge in [0.1, 0.15) is 11.5 Å². The molecule has 2 rings (SSSR count). The van der Waals surface area contributed by atoms with Crippen LogP contribution >= 0.6 is 0 Å². The number of nitrogens with zero attached hydrogens (tertiary/aromatic N) is 3. The van der Waals surface area contributed by atoms with Crippen LogP contribution in [0, 0.1) is 11.8 Å². The van der Waals surface area contributed by atoms with Crippen LogP contribution in [-0.2, 0) is 0 Å². The summed E-state index contributed by atoms with van der Waals surface area (Å²) in [6, 6.07) is 0.719. The Labute approximate surface area is 109 Å². The predicted octanol–water partition coefficient (Wildman–Crippen LogP) is 2.22. The molecule has 0 saturated heterocycles. The Morgan fingerprint density at radius 3 is 2.68 bits per heavy atom. The molecule has 0 fully saturated rings. The zero-order chi connectivity index (χ0) is 14.0. The molecule has 2 aromatic heterocycles. The van der Waals surface area contributed by atoms with Gasteiger partial charge >= 0.3 is 0 Å². The monoisotopic (exact) mass is 268 g/mol. The van der Waals surface area contributed by atoms with E-state index in [9.17, 15) is 8.78 Å². The van der Waals surface area contributed by atoms with Crippen LogP contribution in [0.1, 0.15) is 18.5 Å². The van der Waals surface area contributed by atoms with E-state index in [1.54, 1.807) is 14.0 Å². The Morgan fingerprint density at radius 1 is 1.37 bits per heavy atom. The van der Waals surface area contributed by atoms with Crippen molar-refractivity contribution in [2.45, 2.75) is 13.0 Å². The average molecular weight is 268 g/mol. The average Bonchev–Trinajstić information content (AvgIpc) is 2.79. The number of hydrogen-bond acceptors (Lipinski definition) is 4. The van der Waals surface area contributed by atoms with Crippen molar-refractivity contribution >= 4 is 5.69 Å². The van der Waals surface area contributed by atoms with Gasteiger partial charge in [-0.05, 0) is 13.0 Å². The molecule has 7 heteroatoms. The van der Waals surface area contributed by atoms with Crippen LogP contribution in [0.5, 0.6) is 5.88 Å². The van der Waals surface area contributed by atoms with Crippen LogP contribution in [-0.4, -0.2) is 28.9 Å². The van der Waals surface area contributed by atoms with Gasteiger partial charge in [0, 0.05) is 12.6 Å². The van der Waals surface area contributed by atoms with Crippen LogP contribution in [0.2, 0.25) is 0 Å². The Balaban J connectivity index is 2.45. The third-order valence-electron chi connectivity index (χ3n) is 2.86. The fourth-order valence-corrected chi connectivity index (χ4v) is 1.83. The SMILES string of the molecule is CNc1cnn([C@@H](C)c2cc(F)cnc2OC)c1F. The van der Waals surface area contributed by atoms with Crippen molar-refractivity contribution < 1.29 is 13.5 Å². The lowest BCUT2D eigenvalue weighted by atomic mass is 10.1. The van der Waals surface area contributed by atoms with Crippen LogP contribution < -0.4 is 10.1 Å². The molecule has 0 unspecified atom stereocenters. The third-order valence-corrected chi connectivity index (χ3v) is 2.86. The molecule has 0 saturated carbocycles. The summed E-state index contributed by atoms with van der Waals surface area (Å²) in [5, 5.41) is 6.62. The first kappa shape index (κ1) is 13.3. The third kappa shape index (κ3) is 2.35. The van der Waals surface area contributed by atoms with Crippen molar-refractivity contribution in [3.63, 3.8) is 0 Å². The van der Waals surface area contributed by atoms with E-state index in [4.69, 9.17) is 4.74 Å². The normalized spacial score (nSPS) is 12.3. The molecule has 0 spiro atoms. The minimum atomic E-state index is -0.541.